The molecular weight excluding hydrogens is 314 g/mol. The molecule has 0 unspecified atom stereocenters. The predicted molar refractivity (Wildman–Crippen MR) is 97.2 cm³/mol. The molecule has 0 saturated carbocycles. The Morgan fingerprint density at radius 1 is 1.36 bits per heavy atom. The largest absolute Gasteiger partial charge is 0.354 e. The van der Waals surface area contributed by atoms with Gasteiger partial charge in [-0.3, -0.25) is 19.8 Å². The molecule has 1 aliphatic heterocycles. The van der Waals surface area contributed by atoms with Crippen LogP contribution in [0.5, 0.6) is 0 Å². The van der Waals surface area contributed by atoms with Crippen LogP contribution in [0.4, 0.5) is 0 Å². The summed E-state index contributed by atoms with van der Waals surface area (Å²) in [6.45, 7) is 6.68. The highest BCUT2D eigenvalue weighted by Crippen LogP contribution is 2.24. The number of carbonyl (C=O) groups excluding carboxylic acids is 1. The molecule has 3 heterocycles. The number of amides is 1. The average molecular weight is 341 g/mol. The smallest absolute Gasteiger partial charge is 0.242 e. The zero-order chi connectivity index (χ0) is 17.6. The first-order chi connectivity index (χ1) is 12.2. The Labute approximate surface area is 149 Å². The topological polar surface area (TPSA) is 73.9 Å². The Hall–Kier alpha value is -2.21. The third kappa shape index (κ3) is 4.25. The van der Waals surface area contributed by atoms with Crippen LogP contribution in [-0.4, -0.2) is 45.6 Å². The number of aromatic amines is 1. The SMILES string of the molecule is Cc1n[nH]c(C)c1CCCNC(=O)[C@@H](c1cccnc1)N1CCCC1. The van der Waals surface area contributed by atoms with Crippen LogP contribution < -0.4 is 5.32 Å². The minimum absolute atomic E-state index is 0.0792. The van der Waals surface area contributed by atoms with E-state index in [0.29, 0.717) is 6.54 Å². The minimum atomic E-state index is -0.228. The summed E-state index contributed by atoms with van der Waals surface area (Å²) >= 11 is 0. The lowest BCUT2D eigenvalue weighted by Gasteiger charge is -2.26. The van der Waals surface area contributed by atoms with Crippen molar-refractivity contribution < 1.29 is 4.79 Å². The lowest BCUT2D eigenvalue weighted by atomic mass is 10.1. The van der Waals surface area contributed by atoms with Crippen molar-refractivity contribution in [3.8, 4) is 0 Å². The lowest BCUT2D eigenvalue weighted by Crippen LogP contribution is -2.39. The number of hydrogen-bond acceptors (Lipinski definition) is 4. The van der Waals surface area contributed by atoms with Gasteiger partial charge in [-0.25, -0.2) is 0 Å². The summed E-state index contributed by atoms with van der Waals surface area (Å²) in [4.78, 5) is 19.3. The fraction of sp³-hybridized carbons (Fsp3) is 0.526. The maximum absolute atomic E-state index is 12.8. The van der Waals surface area contributed by atoms with Crippen molar-refractivity contribution in [1.82, 2.24) is 25.4 Å². The van der Waals surface area contributed by atoms with E-state index in [2.05, 4.69) is 25.4 Å². The van der Waals surface area contributed by atoms with E-state index in [-0.39, 0.29) is 11.9 Å². The maximum Gasteiger partial charge on any atom is 0.242 e. The van der Waals surface area contributed by atoms with Gasteiger partial charge in [0.05, 0.1) is 5.69 Å². The summed E-state index contributed by atoms with van der Waals surface area (Å²) in [7, 11) is 0. The average Bonchev–Trinajstić information content (AvgIpc) is 3.25. The second-order valence-corrected chi connectivity index (χ2v) is 6.74. The Morgan fingerprint density at radius 3 is 2.80 bits per heavy atom. The second kappa shape index (κ2) is 8.25. The highest BCUT2D eigenvalue weighted by molar-refractivity contribution is 5.83. The van der Waals surface area contributed by atoms with Crippen molar-refractivity contribution in [3.63, 3.8) is 0 Å². The number of likely N-dealkylation sites (tertiary alicyclic amines) is 1. The summed E-state index contributed by atoms with van der Waals surface area (Å²) in [5.74, 6) is 0.0792. The molecule has 1 fully saturated rings. The number of H-pyrrole nitrogens is 1. The molecule has 6 nitrogen and oxygen atoms in total. The van der Waals surface area contributed by atoms with Crippen LogP contribution in [-0.2, 0) is 11.2 Å². The van der Waals surface area contributed by atoms with Crippen molar-refractivity contribution in [3.05, 3.63) is 47.0 Å². The van der Waals surface area contributed by atoms with Gasteiger partial charge in [-0.2, -0.15) is 5.10 Å². The van der Waals surface area contributed by atoms with E-state index in [1.54, 1.807) is 12.4 Å². The molecule has 2 aromatic rings. The third-order valence-corrected chi connectivity index (χ3v) is 4.94. The quantitative estimate of drug-likeness (QED) is 0.758. The first kappa shape index (κ1) is 17.6. The van der Waals surface area contributed by atoms with Crippen molar-refractivity contribution in [1.29, 1.82) is 0 Å². The number of carbonyl (C=O) groups is 1. The Morgan fingerprint density at radius 2 is 2.16 bits per heavy atom. The molecule has 0 aliphatic carbocycles. The molecule has 0 bridgehead atoms. The normalized spacial score (nSPS) is 16.1. The molecule has 6 heteroatoms. The van der Waals surface area contributed by atoms with E-state index in [1.165, 1.54) is 5.56 Å². The number of nitrogens with zero attached hydrogens (tertiary/aromatic N) is 3. The summed E-state index contributed by atoms with van der Waals surface area (Å²) in [6.07, 6.45) is 7.70. The van der Waals surface area contributed by atoms with Crippen molar-refractivity contribution >= 4 is 5.91 Å². The molecular formula is C19H27N5O. The van der Waals surface area contributed by atoms with E-state index < -0.39 is 0 Å². The van der Waals surface area contributed by atoms with Crippen LogP contribution in [0.2, 0.25) is 0 Å². The zero-order valence-corrected chi connectivity index (χ0v) is 15.1. The number of hydrogen-bond donors (Lipinski definition) is 2. The van der Waals surface area contributed by atoms with Gasteiger partial charge in [0, 0.05) is 24.6 Å². The van der Waals surface area contributed by atoms with E-state index >= 15 is 0 Å². The zero-order valence-electron chi connectivity index (χ0n) is 15.1. The molecule has 0 spiro atoms. The second-order valence-electron chi connectivity index (χ2n) is 6.74. The molecule has 1 amide bonds. The van der Waals surface area contributed by atoms with Gasteiger partial charge in [-0.1, -0.05) is 6.07 Å². The van der Waals surface area contributed by atoms with Gasteiger partial charge in [-0.05, 0) is 69.8 Å². The monoisotopic (exact) mass is 341 g/mol. The van der Waals surface area contributed by atoms with Crippen LogP contribution >= 0.6 is 0 Å². The van der Waals surface area contributed by atoms with Crippen LogP contribution in [0.1, 0.15) is 47.8 Å². The highest BCUT2D eigenvalue weighted by atomic mass is 16.2. The first-order valence-electron chi connectivity index (χ1n) is 9.09. The number of aryl methyl sites for hydroxylation is 2. The van der Waals surface area contributed by atoms with Gasteiger partial charge >= 0.3 is 0 Å². The Kier molecular flexibility index (Phi) is 5.81. The van der Waals surface area contributed by atoms with Gasteiger partial charge in [0.25, 0.3) is 0 Å². The Balaban J connectivity index is 1.57. The maximum atomic E-state index is 12.8. The van der Waals surface area contributed by atoms with Gasteiger partial charge in [0.15, 0.2) is 0 Å². The summed E-state index contributed by atoms with van der Waals surface area (Å²) in [5, 5.41) is 10.4. The number of rotatable bonds is 7. The molecule has 2 aromatic heterocycles. The van der Waals surface area contributed by atoms with E-state index in [9.17, 15) is 4.79 Å². The molecule has 1 aliphatic rings. The van der Waals surface area contributed by atoms with Crippen molar-refractivity contribution in [2.45, 2.75) is 45.6 Å². The molecule has 0 radical (unpaired) electrons. The van der Waals surface area contributed by atoms with Crippen LogP contribution in [0, 0.1) is 13.8 Å². The van der Waals surface area contributed by atoms with Crippen molar-refractivity contribution in [2.75, 3.05) is 19.6 Å². The van der Waals surface area contributed by atoms with E-state index in [0.717, 1.165) is 55.7 Å². The fourth-order valence-electron chi connectivity index (χ4n) is 3.58. The van der Waals surface area contributed by atoms with Crippen LogP contribution in [0.3, 0.4) is 0 Å². The molecule has 3 rings (SSSR count). The van der Waals surface area contributed by atoms with Crippen molar-refractivity contribution in [2.24, 2.45) is 0 Å². The first-order valence-corrected chi connectivity index (χ1v) is 9.09. The molecule has 1 saturated heterocycles. The molecule has 25 heavy (non-hydrogen) atoms. The summed E-state index contributed by atoms with van der Waals surface area (Å²) < 4.78 is 0. The molecule has 134 valence electrons. The van der Waals surface area contributed by atoms with E-state index in [4.69, 9.17) is 0 Å². The minimum Gasteiger partial charge on any atom is -0.354 e. The highest BCUT2D eigenvalue weighted by Gasteiger charge is 2.29. The molecule has 0 aromatic carbocycles. The van der Waals surface area contributed by atoms with E-state index in [1.807, 2.05) is 26.0 Å². The summed E-state index contributed by atoms with van der Waals surface area (Å²) in [6, 6.07) is 3.66. The number of pyridine rings is 1. The standard InChI is InChI=1S/C19H27N5O/c1-14-17(15(2)23-22-14)8-6-10-21-19(25)18(24-11-3-4-12-24)16-7-5-9-20-13-16/h5,7,9,13,18H,3-4,6,8,10-12H2,1-2H3,(H,21,25)(H,22,23)/t18-/m1/s1. The molecule has 1 atom stereocenters. The van der Waals surface area contributed by atoms with Gasteiger partial charge in [-0.15, -0.1) is 0 Å². The number of aromatic nitrogens is 3. The van der Waals surface area contributed by atoms with Gasteiger partial charge in [0.1, 0.15) is 6.04 Å². The lowest BCUT2D eigenvalue weighted by molar-refractivity contribution is -0.126. The summed E-state index contributed by atoms with van der Waals surface area (Å²) in [5.41, 5.74) is 4.41. The van der Waals surface area contributed by atoms with Crippen LogP contribution in [0.15, 0.2) is 24.5 Å². The van der Waals surface area contributed by atoms with Gasteiger partial charge < -0.3 is 5.32 Å². The van der Waals surface area contributed by atoms with Gasteiger partial charge in [0.2, 0.25) is 5.91 Å². The van der Waals surface area contributed by atoms with Crippen LogP contribution in [0.25, 0.3) is 0 Å². The third-order valence-electron chi connectivity index (χ3n) is 4.94. The Bertz CT molecular complexity index is 672. The molecule has 2 N–H and O–H groups in total. The fourth-order valence-corrected chi connectivity index (χ4v) is 3.58. The number of nitrogens with one attached hydrogen (secondary N) is 2. The predicted octanol–water partition coefficient (Wildman–Crippen LogP) is 2.31.